The average Bonchev–Trinajstić information content (AvgIpc) is 3.29. The molecule has 0 unspecified atom stereocenters. The van der Waals surface area contributed by atoms with Crippen molar-refractivity contribution in [2.24, 2.45) is 0 Å². The molecule has 1 aliphatic carbocycles. The van der Waals surface area contributed by atoms with Crippen LogP contribution in [0.2, 0.25) is 0 Å². The molecule has 0 bridgehead atoms. The van der Waals surface area contributed by atoms with Crippen molar-refractivity contribution in [2.75, 3.05) is 4.90 Å². The Kier molecular flexibility index (Phi) is 5.45. The molecule has 1 nitrogen and oxygen atoms in total. The summed E-state index contributed by atoms with van der Waals surface area (Å²) in [5.41, 5.74) is 10.6. The molecule has 0 amide bonds. The van der Waals surface area contributed by atoms with Gasteiger partial charge in [-0.05, 0) is 63.9 Å². The zero-order valence-corrected chi connectivity index (χ0v) is 22.0. The minimum Gasteiger partial charge on any atom is -0.314 e. The van der Waals surface area contributed by atoms with Crippen molar-refractivity contribution in [3.8, 4) is 11.1 Å². The molecule has 0 atom stereocenters. The van der Waals surface area contributed by atoms with E-state index < -0.39 is 0 Å². The standard InChI is InChI=1S/C38H29N/c1-27(2)39(37-23-13-15-28-14-9-10-20-32(28)37)31-24-25-36-34(26-31)33-21-11-12-22-35(33)38(36,29-16-5-3-6-17-29)30-18-7-4-8-19-30/h3-26H,1H2,2H3. The van der Waals surface area contributed by atoms with Crippen LogP contribution in [0.25, 0.3) is 21.9 Å². The molecule has 0 fully saturated rings. The number of hydrogen-bond acceptors (Lipinski definition) is 1. The molecule has 1 heteroatoms. The second-order valence-corrected chi connectivity index (χ2v) is 10.3. The fraction of sp³-hybridized carbons (Fsp3) is 0.0526. The fourth-order valence-corrected chi connectivity index (χ4v) is 6.54. The second kappa shape index (κ2) is 9.15. The first-order valence-corrected chi connectivity index (χ1v) is 13.5. The third-order valence-corrected chi connectivity index (χ3v) is 8.09. The summed E-state index contributed by atoms with van der Waals surface area (Å²) in [6.07, 6.45) is 0. The molecule has 6 aromatic rings. The minimum absolute atomic E-state index is 0.388. The van der Waals surface area contributed by atoms with Crippen LogP contribution in [0.3, 0.4) is 0 Å². The van der Waals surface area contributed by atoms with Gasteiger partial charge >= 0.3 is 0 Å². The molecule has 0 radical (unpaired) electrons. The highest BCUT2D eigenvalue weighted by Gasteiger charge is 2.46. The minimum atomic E-state index is -0.388. The van der Waals surface area contributed by atoms with Gasteiger partial charge in [0.15, 0.2) is 0 Å². The van der Waals surface area contributed by atoms with Gasteiger partial charge in [0.05, 0.1) is 11.1 Å². The molecule has 0 heterocycles. The normalized spacial score (nSPS) is 13.1. The van der Waals surface area contributed by atoms with E-state index in [2.05, 4.69) is 164 Å². The zero-order chi connectivity index (χ0) is 26.4. The zero-order valence-electron chi connectivity index (χ0n) is 22.0. The van der Waals surface area contributed by atoms with Crippen molar-refractivity contribution in [1.29, 1.82) is 0 Å². The highest BCUT2D eigenvalue weighted by Crippen LogP contribution is 2.57. The second-order valence-electron chi connectivity index (χ2n) is 10.3. The van der Waals surface area contributed by atoms with E-state index in [1.54, 1.807) is 0 Å². The Labute approximate surface area is 230 Å². The first kappa shape index (κ1) is 23.3. The number of anilines is 2. The van der Waals surface area contributed by atoms with Crippen LogP contribution in [0.4, 0.5) is 11.4 Å². The molecular weight excluding hydrogens is 470 g/mol. The smallest absolute Gasteiger partial charge is 0.0713 e. The quantitative estimate of drug-likeness (QED) is 0.228. The molecule has 0 aromatic heterocycles. The Morgan fingerprint density at radius 2 is 1.15 bits per heavy atom. The van der Waals surface area contributed by atoms with Gasteiger partial charge in [-0.1, -0.05) is 134 Å². The summed E-state index contributed by atoms with van der Waals surface area (Å²) in [5, 5.41) is 2.44. The summed E-state index contributed by atoms with van der Waals surface area (Å²) in [7, 11) is 0. The van der Waals surface area contributed by atoms with E-state index in [1.165, 1.54) is 44.2 Å². The van der Waals surface area contributed by atoms with E-state index in [1.807, 2.05) is 0 Å². The highest BCUT2D eigenvalue weighted by atomic mass is 15.1. The maximum absolute atomic E-state index is 4.40. The number of fused-ring (bicyclic) bond motifs is 4. The molecule has 0 spiro atoms. The third kappa shape index (κ3) is 3.47. The van der Waals surface area contributed by atoms with Crippen molar-refractivity contribution in [2.45, 2.75) is 12.3 Å². The van der Waals surface area contributed by atoms with E-state index in [0.29, 0.717) is 0 Å². The Hall–Kier alpha value is -4.88. The van der Waals surface area contributed by atoms with Gasteiger partial charge in [-0.3, -0.25) is 0 Å². The van der Waals surface area contributed by atoms with E-state index >= 15 is 0 Å². The molecule has 0 saturated heterocycles. The van der Waals surface area contributed by atoms with E-state index in [0.717, 1.165) is 17.1 Å². The molecule has 0 aliphatic heterocycles. The molecule has 1 aliphatic rings. The summed E-state index contributed by atoms with van der Waals surface area (Å²) in [6.45, 7) is 6.49. The van der Waals surface area contributed by atoms with Crippen LogP contribution in [-0.4, -0.2) is 0 Å². The molecule has 39 heavy (non-hydrogen) atoms. The van der Waals surface area contributed by atoms with Gasteiger partial charge in [0, 0.05) is 16.8 Å². The van der Waals surface area contributed by atoms with Gasteiger partial charge in [-0.2, -0.15) is 0 Å². The first-order chi connectivity index (χ1) is 19.2. The predicted molar refractivity (Wildman–Crippen MR) is 165 cm³/mol. The van der Waals surface area contributed by atoms with E-state index in [-0.39, 0.29) is 5.41 Å². The van der Waals surface area contributed by atoms with Crippen LogP contribution >= 0.6 is 0 Å². The van der Waals surface area contributed by atoms with Crippen molar-refractivity contribution in [3.63, 3.8) is 0 Å². The predicted octanol–water partition coefficient (Wildman–Crippen LogP) is 9.87. The maximum atomic E-state index is 4.40. The molecule has 7 rings (SSSR count). The SMILES string of the molecule is C=C(C)N(c1ccc2c(c1)-c1ccccc1C2(c1ccccc1)c1ccccc1)c1cccc2ccccc12. The molecule has 0 N–H and O–H groups in total. The number of allylic oxidation sites excluding steroid dienone is 1. The molecular formula is C38H29N. The Morgan fingerprint density at radius 1 is 0.564 bits per heavy atom. The van der Waals surface area contributed by atoms with Crippen LogP contribution in [0.1, 0.15) is 29.2 Å². The van der Waals surface area contributed by atoms with E-state index in [4.69, 9.17) is 0 Å². The lowest BCUT2D eigenvalue weighted by atomic mass is 9.68. The van der Waals surface area contributed by atoms with Gasteiger partial charge in [0.1, 0.15) is 0 Å². The van der Waals surface area contributed by atoms with Gasteiger partial charge in [-0.25, -0.2) is 0 Å². The first-order valence-electron chi connectivity index (χ1n) is 13.5. The Morgan fingerprint density at radius 3 is 1.87 bits per heavy atom. The summed E-state index contributed by atoms with van der Waals surface area (Å²) in [4.78, 5) is 2.29. The van der Waals surface area contributed by atoms with Crippen LogP contribution in [0, 0.1) is 0 Å². The van der Waals surface area contributed by atoms with Crippen LogP contribution in [0.15, 0.2) is 158 Å². The summed E-state index contributed by atoms with van der Waals surface area (Å²) < 4.78 is 0. The average molecular weight is 500 g/mol. The number of hydrogen-bond donors (Lipinski definition) is 0. The summed E-state index contributed by atoms with van der Waals surface area (Å²) in [5.74, 6) is 0. The lowest BCUT2D eigenvalue weighted by Crippen LogP contribution is -2.28. The third-order valence-electron chi connectivity index (χ3n) is 8.09. The molecule has 0 saturated carbocycles. The van der Waals surface area contributed by atoms with Crippen LogP contribution in [0.5, 0.6) is 0 Å². The topological polar surface area (TPSA) is 3.24 Å². The lowest BCUT2D eigenvalue weighted by Gasteiger charge is -2.34. The van der Waals surface area contributed by atoms with Gasteiger partial charge in [-0.15, -0.1) is 0 Å². The van der Waals surface area contributed by atoms with E-state index in [9.17, 15) is 0 Å². The monoisotopic (exact) mass is 499 g/mol. The maximum Gasteiger partial charge on any atom is 0.0713 e. The Balaban J connectivity index is 1.51. The van der Waals surface area contributed by atoms with Crippen molar-refractivity contribution in [1.82, 2.24) is 0 Å². The summed E-state index contributed by atoms with van der Waals surface area (Å²) in [6, 6.07) is 52.8. The Bertz CT molecular complexity index is 1790. The molecule has 6 aromatic carbocycles. The van der Waals surface area contributed by atoms with Gasteiger partial charge < -0.3 is 4.90 Å². The highest BCUT2D eigenvalue weighted by molar-refractivity contribution is 5.98. The number of rotatable bonds is 5. The largest absolute Gasteiger partial charge is 0.314 e. The van der Waals surface area contributed by atoms with Crippen molar-refractivity contribution in [3.05, 3.63) is 180 Å². The van der Waals surface area contributed by atoms with Crippen LogP contribution < -0.4 is 4.90 Å². The summed E-state index contributed by atoms with van der Waals surface area (Å²) >= 11 is 0. The van der Waals surface area contributed by atoms with Crippen molar-refractivity contribution < 1.29 is 0 Å². The number of nitrogens with zero attached hydrogens (tertiary/aromatic N) is 1. The van der Waals surface area contributed by atoms with Gasteiger partial charge in [0.2, 0.25) is 0 Å². The number of benzene rings is 6. The van der Waals surface area contributed by atoms with Gasteiger partial charge in [0.25, 0.3) is 0 Å². The van der Waals surface area contributed by atoms with Crippen molar-refractivity contribution >= 4 is 22.1 Å². The van der Waals surface area contributed by atoms with Crippen LogP contribution in [-0.2, 0) is 5.41 Å². The fourth-order valence-electron chi connectivity index (χ4n) is 6.54. The molecule has 186 valence electrons. The lowest BCUT2D eigenvalue weighted by molar-refractivity contribution is 0.768.